The minimum atomic E-state index is -0.203. The van der Waals surface area contributed by atoms with Crippen molar-refractivity contribution in [3.05, 3.63) is 60.7 Å². The van der Waals surface area contributed by atoms with Crippen LogP contribution in [0, 0.1) is 11.3 Å². The van der Waals surface area contributed by atoms with Gasteiger partial charge in [0, 0.05) is 11.1 Å². The van der Waals surface area contributed by atoms with Gasteiger partial charge < -0.3 is 4.42 Å². The van der Waals surface area contributed by atoms with Gasteiger partial charge in [-0.1, -0.05) is 60.7 Å². The van der Waals surface area contributed by atoms with E-state index in [0.717, 1.165) is 22.6 Å². The number of hydrogen-bond donors (Lipinski definition) is 0. The van der Waals surface area contributed by atoms with Crippen molar-refractivity contribution in [1.82, 2.24) is 4.98 Å². The molecule has 0 spiro atoms. The maximum absolute atomic E-state index is 8.97. The molecule has 0 aliphatic rings. The van der Waals surface area contributed by atoms with Crippen molar-refractivity contribution < 1.29 is 4.42 Å². The summed E-state index contributed by atoms with van der Waals surface area (Å²) in [7, 11) is 0. The van der Waals surface area contributed by atoms with E-state index in [1.807, 2.05) is 67.6 Å². The zero-order valence-electron chi connectivity index (χ0n) is 12.1. The monoisotopic (exact) mass is 306 g/mol. The highest BCUT2D eigenvalue weighted by Gasteiger charge is 2.18. The number of aromatic nitrogens is 1. The van der Waals surface area contributed by atoms with Gasteiger partial charge in [-0.2, -0.15) is 5.26 Å². The number of rotatable bonds is 4. The van der Waals surface area contributed by atoms with Crippen LogP contribution in [-0.2, 0) is 0 Å². The summed E-state index contributed by atoms with van der Waals surface area (Å²) in [5.41, 5.74) is 2.78. The molecule has 0 fully saturated rings. The lowest BCUT2D eigenvalue weighted by Crippen LogP contribution is -1.89. The molecule has 1 heterocycles. The summed E-state index contributed by atoms with van der Waals surface area (Å²) in [4.78, 5) is 4.59. The van der Waals surface area contributed by atoms with Crippen molar-refractivity contribution in [3.8, 4) is 28.7 Å². The van der Waals surface area contributed by atoms with Crippen LogP contribution in [0.4, 0.5) is 0 Å². The van der Waals surface area contributed by atoms with Gasteiger partial charge in [-0.3, -0.25) is 0 Å². The van der Waals surface area contributed by atoms with Gasteiger partial charge in [0.05, 0.1) is 11.3 Å². The Bertz CT molecular complexity index is 734. The third-order valence-corrected chi connectivity index (χ3v) is 3.99. The predicted molar refractivity (Wildman–Crippen MR) is 88.3 cm³/mol. The van der Waals surface area contributed by atoms with E-state index in [0.29, 0.717) is 5.22 Å². The van der Waals surface area contributed by atoms with Gasteiger partial charge in [-0.15, -0.1) is 0 Å². The van der Waals surface area contributed by atoms with Crippen molar-refractivity contribution in [2.75, 3.05) is 0 Å². The summed E-state index contributed by atoms with van der Waals surface area (Å²) in [6.45, 7) is 1.83. The lowest BCUT2D eigenvalue weighted by Gasteiger charge is -2.00. The highest BCUT2D eigenvalue weighted by Crippen LogP contribution is 2.36. The molecule has 3 rings (SSSR count). The van der Waals surface area contributed by atoms with Crippen molar-refractivity contribution in [3.63, 3.8) is 0 Å². The fraction of sp³-hybridized carbons (Fsp3) is 0.111. The van der Waals surface area contributed by atoms with E-state index < -0.39 is 0 Å². The van der Waals surface area contributed by atoms with Gasteiger partial charge in [0.2, 0.25) is 0 Å². The van der Waals surface area contributed by atoms with Crippen molar-refractivity contribution in [2.24, 2.45) is 0 Å². The fourth-order valence-electron chi connectivity index (χ4n) is 2.11. The third kappa shape index (κ3) is 3.05. The van der Waals surface area contributed by atoms with E-state index in [9.17, 15) is 0 Å². The van der Waals surface area contributed by atoms with Crippen LogP contribution in [-0.4, -0.2) is 10.2 Å². The quantitative estimate of drug-likeness (QED) is 0.635. The van der Waals surface area contributed by atoms with Crippen molar-refractivity contribution >= 4 is 11.8 Å². The smallest absolute Gasteiger partial charge is 0.258 e. The van der Waals surface area contributed by atoms with Crippen LogP contribution >= 0.6 is 11.8 Å². The molecule has 0 saturated carbocycles. The van der Waals surface area contributed by atoms with Crippen LogP contribution in [0.15, 0.2) is 70.3 Å². The number of nitrogens with zero attached hydrogens (tertiary/aromatic N) is 2. The first-order valence-corrected chi connectivity index (χ1v) is 7.84. The summed E-state index contributed by atoms with van der Waals surface area (Å²) in [5, 5.41) is 9.28. The Morgan fingerprint density at radius 3 is 2.18 bits per heavy atom. The van der Waals surface area contributed by atoms with E-state index in [4.69, 9.17) is 9.68 Å². The Hall–Kier alpha value is -2.51. The largest absolute Gasteiger partial charge is 0.431 e. The summed E-state index contributed by atoms with van der Waals surface area (Å²) in [6.07, 6.45) is 0. The Kier molecular flexibility index (Phi) is 4.27. The molecular formula is C18H14N2OS. The Labute approximate surface area is 133 Å². The van der Waals surface area contributed by atoms with E-state index in [1.165, 1.54) is 11.8 Å². The van der Waals surface area contributed by atoms with Crippen LogP contribution in [0.5, 0.6) is 0 Å². The summed E-state index contributed by atoms with van der Waals surface area (Å²) >= 11 is 1.33. The third-order valence-electron chi connectivity index (χ3n) is 3.15. The van der Waals surface area contributed by atoms with E-state index in [1.54, 1.807) is 0 Å². The lowest BCUT2D eigenvalue weighted by molar-refractivity contribution is 0.466. The molecule has 0 amide bonds. The maximum atomic E-state index is 8.97. The van der Waals surface area contributed by atoms with Gasteiger partial charge in [-0.25, -0.2) is 4.98 Å². The number of nitriles is 1. The Morgan fingerprint density at radius 2 is 1.59 bits per heavy atom. The first kappa shape index (κ1) is 14.4. The standard InChI is InChI=1S/C18H14N2OS/c1-13(12-19)22-18-20-16(14-8-4-2-5-9-14)17(21-18)15-10-6-3-7-11-15/h2-11,13H,1H3/t13-/m1/s1. The molecule has 1 aromatic heterocycles. The van der Waals surface area contributed by atoms with Crippen LogP contribution in [0.3, 0.4) is 0 Å². The number of oxazole rings is 1. The SMILES string of the molecule is C[C@H](C#N)Sc1nc(-c2ccccc2)c(-c2ccccc2)o1. The van der Waals surface area contributed by atoms with Crippen molar-refractivity contribution in [1.29, 1.82) is 5.26 Å². The zero-order chi connectivity index (χ0) is 15.4. The molecule has 0 bridgehead atoms. The minimum Gasteiger partial charge on any atom is -0.431 e. The van der Waals surface area contributed by atoms with Crippen LogP contribution in [0.1, 0.15) is 6.92 Å². The van der Waals surface area contributed by atoms with E-state index >= 15 is 0 Å². The van der Waals surface area contributed by atoms with Crippen LogP contribution in [0.2, 0.25) is 0 Å². The molecule has 3 nitrogen and oxygen atoms in total. The molecular weight excluding hydrogens is 292 g/mol. The molecule has 0 aliphatic heterocycles. The maximum Gasteiger partial charge on any atom is 0.258 e. The van der Waals surface area contributed by atoms with Crippen LogP contribution < -0.4 is 0 Å². The van der Waals surface area contributed by atoms with Gasteiger partial charge in [-0.05, 0) is 18.7 Å². The number of thioether (sulfide) groups is 1. The average Bonchev–Trinajstić information content (AvgIpc) is 3.00. The number of benzene rings is 2. The second-order valence-electron chi connectivity index (χ2n) is 4.78. The summed E-state index contributed by atoms with van der Waals surface area (Å²) < 4.78 is 5.93. The molecule has 2 aromatic carbocycles. The second kappa shape index (κ2) is 6.50. The highest BCUT2D eigenvalue weighted by atomic mass is 32.2. The number of hydrogen-bond acceptors (Lipinski definition) is 4. The molecule has 0 saturated heterocycles. The second-order valence-corrected chi connectivity index (χ2v) is 6.07. The first-order chi connectivity index (χ1) is 10.8. The molecule has 4 heteroatoms. The lowest BCUT2D eigenvalue weighted by atomic mass is 10.1. The Morgan fingerprint density at radius 1 is 1.00 bits per heavy atom. The minimum absolute atomic E-state index is 0.203. The molecule has 3 aromatic rings. The van der Waals surface area contributed by atoms with Crippen molar-refractivity contribution in [2.45, 2.75) is 17.4 Å². The molecule has 0 N–H and O–H groups in total. The summed E-state index contributed by atoms with van der Waals surface area (Å²) in [5.74, 6) is 0.736. The first-order valence-electron chi connectivity index (χ1n) is 6.96. The summed E-state index contributed by atoms with van der Waals surface area (Å²) in [6, 6.07) is 22.0. The van der Waals surface area contributed by atoms with Gasteiger partial charge in [0.25, 0.3) is 5.22 Å². The predicted octanol–water partition coefficient (Wildman–Crippen LogP) is 5.01. The van der Waals surface area contributed by atoms with Gasteiger partial charge >= 0.3 is 0 Å². The normalized spacial score (nSPS) is 11.8. The fourth-order valence-corrected chi connectivity index (χ4v) is 2.74. The molecule has 0 unspecified atom stereocenters. The van der Waals surface area contributed by atoms with Gasteiger partial charge in [0.1, 0.15) is 5.69 Å². The molecule has 108 valence electrons. The van der Waals surface area contributed by atoms with Gasteiger partial charge in [0.15, 0.2) is 5.76 Å². The zero-order valence-corrected chi connectivity index (χ0v) is 12.9. The molecule has 0 radical (unpaired) electrons. The average molecular weight is 306 g/mol. The van der Waals surface area contributed by atoms with Crippen LogP contribution in [0.25, 0.3) is 22.6 Å². The molecule has 0 aliphatic carbocycles. The topological polar surface area (TPSA) is 49.8 Å². The highest BCUT2D eigenvalue weighted by molar-refractivity contribution is 7.99. The van der Waals surface area contributed by atoms with E-state index in [2.05, 4.69) is 11.1 Å². The molecule has 1 atom stereocenters. The molecule has 22 heavy (non-hydrogen) atoms. The Balaban J connectivity index is 2.09. The van der Waals surface area contributed by atoms with E-state index in [-0.39, 0.29) is 5.25 Å².